The fraction of sp³-hybridized carbons (Fsp3) is 0.429. The molecule has 0 saturated heterocycles. The van der Waals surface area contributed by atoms with Crippen LogP contribution in [0.25, 0.3) is 5.57 Å². The quantitative estimate of drug-likeness (QED) is 0.650. The van der Waals surface area contributed by atoms with Crippen molar-refractivity contribution in [2.24, 2.45) is 0 Å². The normalized spacial score (nSPS) is 12.9. The van der Waals surface area contributed by atoms with Crippen LogP contribution in [0.2, 0.25) is 0 Å². The van der Waals surface area contributed by atoms with Crippen LogP contribution in [-0.4, -0.2) is 19.7 Å². The molecule has 0 atom stereocenters. The molecule has 1 aromatic rings. The molecule has 0 bridgehead atoms. The van der Waals surface area contributed by atoms with E-state index in [2.05, 4.69) is 49.2 Å². The van der Waals surface area contributed by atoms with E-state index < -0.39 is 0 Å². The zero-order valence-corrected chi connectivity index (χ0v) is 14.9. The minimum Gasteiger partial charge on any atom is -0.494 e. The van der Waals surface area contributed by atoms with Crippen LogP contribution >= 0.6 is 0 Å². The van der Waals surface area contributed by atoms with Gasteiger partial charge in [-0.05, 0) is 61.2 Å². The van der Waals surface area contributed by atoms with E-state index in [1.165, 1.54) is 5.57 Å². The van der Waals surface area contributed by atoms with Crippen molar-refractivity contribution in [1.82, 2.24) is 5.32 Å². The molecule has 0 saturated carbocycles. The fourth-order valence-electron chi connectivity index (χ4n) is 2.32. The number of hydrogen-bond donors (Lipinski definition) is 1. The van der Waals surface area contributed by atoms with Crippen LogP contribution in [0.5, 0.6) is 5.75 Å². The second kappa shape index (κ2) is 11.7. The van der Waals surface area contributed by atoms with Crippen LogP contribution in [0.3, 0.4) is 0 Å². The predicted molar refractivity (Wildman–Crippen MR) is 102 cm³/mol. The van der Waals surface area contributed by atoms with Gasteiger partial charge in [0, 0.05) is 0 Å². The number of nitrogens with one attached hydrogen (secondary N) is 1. The summed E-state index contributed by atoms with van der Waals surface area (Å²) in [5.74, 6) is 0.927. The number of hydrogen-bond acceptors (Lipinski definition) is 2. The van der Waals surface area contributed by atoms with Gasteiger partial charge in [-0.25, -0.2) is 0 Å². The first-order chi connectivity index (χ1) is 11.3. The summed E-state index contributed by atoms with van der Waals surface area (Å²) in [6.07, 6.45) is 9.90. The van der Waals surface area contributed by atoms with Crippen LogP contribution in [0.1, 0.15) is 45.6 Å². The Morgan fingerprint density at radius 2 is 1.91 bits per heavy atom. The highest BCUT2D eigenvalue weighted by Crippen LogP contribution is 2.26. The molecule has 2 rings (SSSR count). The third-order valence-electron chi connectivity index (χ3n) is 3.56. The highest BCUT2D eigenvalue weighted by Gasteiger charge is 2.05. The van der Waals surface area contributed by atoms with Crippen molar-refractivity contribution in [1.29, 1.82) is 0 Å². The summed E-state index contributed by atoms with van der Waals surface area (Å²) in [6, 6.07) is 8.23. The maximum Gasteiger partial charge on any atom is 0.119 e. The molecule has 0 heterocycles. The summed E-state index contributed by atoms with van der Waals surface area (Å²) >= 11 is 0. The van der Waals surface area contributed by atoms with Gasteiger partial charge < -0.3 is 10.1 Å². The standard InChI is InChI=1S/C19H25NO.C2H6/c1-3-20-14-7-15-21-19-12-10-18(11-13-19)16(2)17-8-5-4-6-9-17;1-2/h5,8-13,20H,2-4,6-7,14-15H2,1H3;1-2H3. The van der Waals surface area contributed by atoms with E-state index in [0.29, 0.717) is 0 Å². The largest absolute Gasteiger partial charge is 0.494 e. The molecule has 2 heteroatoms. The molecule has 0 fully saturated rings. The lowest BCUT2D eigenvalue weighted by Crippen LogP contribution is -2.16. The molecule has 2 nitrogen and oxygen atoms in total. The summed E-state index contributed by atoms with van der Waals surface area (Å²) in [5.41, 5.74) is 3.48. The Morgan fingerprint density at radius 3 is 2.52 bits per heavy atom. The highest BCUT2D eigenvalue weighted by molar-refractivity contribution is 5.80. The van der Waals surface area contributed by atoms with E-state index >= 15 is 0 Å². The number of allylic oxidation sites excluding steroid dienone is 5. The second-order valence-corrected chi connectivity index (χ2v) is 5.20. The molecule has 0 radical (unpaired) electrons. The number of benzene rings is 1. The first-order valence-electron chi connectivity index (χ1n) is 8.81. The maximum absolute atomic E-state index is 5.73. The summed E-state index contributed by atoms with van der Waals surface area (Å²) in [6.45, 7) is 13.1. The fourth-order valence-corrected chi connectivity index (χ4v) is 2.32. The van der Waals surface area contributed by atoms with Gasteiger partial charge >= 0.3 is 0 Å². The van der Waals surface area contributed by atoms with Gasteiger partial charge in [-0.2, -0.15) is 0 Å². The molecule has 1 aliphatic rings. The molecule has 0 aliphatic heterocycles. The molecule has 0 amide bonds. The summed E-state index contributed by atoms with van der Waals surface area (Å²) < 4.78 is 5.73. The van der Waals surface area contributed by atoms with Gasteiger partial charge in [0.05, 0.1) is 6.61 Å². The molecule has 1 N–H and O–H groups in total. The lowest BCUT2D eigenvalue weighted by Gasteiger charge is -2.12. The van der Waals surface area contributed by atoms with Crippen molar-refractivity contribution in [2.45, 2.75) is 40.0 Å². The molecular formula is C21H31NO. The van der Waals surface area contributed by atoms with Crippen LogP contribution in [0.4, 0.5) is 0 Å². The van der Waals surface area contributed by atoms with Gasteiger partial charge in [-0.15, -0.1) is 0 Å². The SMILES string of the molecule is C=C(C1=CCCC=C1)c1ccc(OCCCNCC)cc1.CC. The van der Waals surface area contributed by atoms with Crippen molar-refractivity contribution in [3.8, 4) is 5.75 Å². The monoisotopic (exact) mass is 313 g/mol. The zero-order chi connectivity index (χ0) is 16.9. The van der Waals surface area contributed by atoms with E-state index in [1.807, 2.05) is 26.0 Å². The first-order valence-corrected chi connectivity index (χ1v) is 8.81. The van der Waals surface area contributed by atoms with Crippen LogP contribution < -0.4 is 10.1 Å². The molecule has 0 unspecified atom stereocenters. The van der Waals surface area contributed by atoms with E-state index in [4.69, 9.17) is 4.74 Å². The van der Waals surface area contributed by atoms with Crippen molar-refractivity contribution in [2.75, 3.05) is 19.7 Å². The number of rotatable bonds is 8. The summed E-state index contributed by atoms with van der Waals surface area (Å²) in [4.78, 5) is 0. The Kier molecular flexibility index (Phi) is 9.81. The maximum atomic E-state index is 5.73. The van der Waals surface area contributed by atoms with E-state index in [-0.39, 0.29) is 0 Å². The third-order valence-corrected chi connectivity index (χ3v) is 3.56. The molecular weight excluding hydrogens is 282 g/mol. The predicted octanol–water partition coefficient (Wildman–Crippen LogP) is 5.38. The Balaban J connectivity index is 0.00000127. The van der Waals surface area contributed by atoms with Gasteiger partial charge in [-0.1, -0.05) is 57.7 Å². The van der Waals surface area contributed by atoms with E-state index in [1.54, 1.807) is 0 Å². The first kappa shape index (κ1) is 19.2. The smallest absolute Gasteiger partial charge is 0.119 e. The minimum absolute atomic E-state index is 0.751. The number of ether oxygens (including phenoxy) is 1. The molecule has 0 aromatic heterocycles. The van der Waals surface area contributed by atoms with Gasteiger partial charge in [0.25, 0.3) is 0 Å². The Hall–Kier alpha value is -1.80. The molecule has 0 spiro atoms. The van der Waals surface area contributed by atoms with Crippen molar-refractivity contribution in [3.05, 3.63) is 60.2 Å². The lowest BCUT2D eigenvalue weighted by molar-refractivity contribution is 0.308. The van der Waals surface area contributed by atoms with Gasteiger partial charge in [0.2, 0.25) is 0 Å². The third kappa shape index (κ3) is 6.87. The van der Waals surface area contributed by atoms with Crippen LogP contribution in [-0.2, 0) is 0 Å². The highest BCUT2D eigenvalue weighted by atomic mass is 16.5. The Bertz CT molecular complexity index is 511. The van der Waals surface area contributed by atoms with Gasteiger partial charge in [0.15, 0.2) is 0 Å². The zero-order valence-electron chi connectivity index (χ0n) is 14.9. The second-order valence-electron chi connectivity index (χ2n) is 5.20. The van der Waals surface area contributed by atoms with Crippen LogP contribution in [0.15, 0.2) is 54.6 Å². The molecule has 126 valence electrons. The summed E-state index contributed by atoms with van der Waals surface area (Å²) in [7, 11) is 0. The Labute approximate surface area is 142 Å². The van der Waals surface area contributed by atoms with Gasteiger partial charge in [0.1, 0.15) is 5.75 Å². The lowest BCUT2D eigenvalue weighted by atomic mass is 9.95. The summed E-state index contributed by atoms with van der Waals surface area (Å²) in [5, 5.41) is 3.29. The van der Waals surface area contributed by atoms with E-state index in [0.717, 1.165) is 55.8 Å². The average Bonchev–Trinajstić information content (AvgIpc) is 2.64. The van der Waals surface area contributed by atoms with Crippen molar-refractivity contribution < 1.29 is 4.74 Å². The van der Waals surface area contributed by atoms with Crippen LogP contribution in [0, 0.1) is 0 Å². The topological polar surface area (TPSA) is 21.3 Å². The van der Waals surface area contributed by atoms with E-state index in [9.17, 15) is 0 Å². The Morgan fingerprint density at radius 1 is 1.17 bits per heavy atom. The molecule has 23 heavy (non-hydrogen) atoms. The van der Waals surface area contributed by atoms with Gasteiger partial charge in [-0.3, -0.25) is 0 Å². The van der Waals surface area contributed by atoms with Crippen molar-refractivity contribution >= 4 is 5.57 Å². The van der Waals surface area contributed by atoms with Crippen molar-refractivity contribution in [3.63, 3.8) is 0 Å². The molecule has 1 aromatic carbocycles. The minimum atomic E-state index is 0.751. The molecule has 1 aliphatic carbocycles. The average molecular weight is 313 g/mol.